The third-order valence-electron chi connectivity index (χ3n) is 3.20. The number of ether oxygens (including phenoxy) is 1. The lowest BCUT2D eigenvalue weighted by molar-refractivity contribution is 0.102. The maximum Gasteiger partial charge on any atom is 0.261 e. The zero-order valence-electron chi connectivity index (χ0n) is 14.1. The molecule has 0 saturated carbocycles. The van der Waals surface area contributed by atoms with E-state index in [4.69, 9.17) is 15.7 Å². The van der Waals surface area contributed by atoms with Crippen LogP contribution < -0.4 is 15.8 Å². The smallest absolute Gasteiger partial charge is 0.261 e. The number of carbonyl (C=O) groups excluding carboxylic acids is 1. The van der Waals surface area contributed by atoms with Crippen LogP contribution in [0.1, 0.15) is 21.6 Å². The molecule has 3 rings (SSSR count). The molecule has 3 aromatic rings. The van der Waals surface area contributed by atoms with E-state index in [0.29, 0.717) is 16.4 Å². The summed E-state index contributed by atoms with van der Waals surface area (Å²) in [6, 6.07) is 4.98. The monoisotopic (exact) mass is 379 g/mol. The third kappa shape index (κ3) is 4.42. The van der Waals surface area contributed by atoms with Crippen LogP contribution in [0.3, 0.4) is 0 Å². The predicted molar refractivity (Wildman–Crippen MR) is 100 cm³/mol. The number of aryl methyl sites for hydroxylation is 1. The Kier molecular flexibility index (Phi) is 5.34. The minimum absolute atomic E-state index is 0.138. The molecule has 0 fully saturated rings. The van der Waals surface area contributed by atoms with E-state index < -0.39 is 5.91 Å². The van der Waals surface area contributed by atoms with Crippen molar-refractivity contribution in [1.82, 2.24) is 15.0 Å². The topological polar surface area (TPSA) is 139 Å². The first-order chi connectivity index (χ1) is 13.1. The molecule has 3 heterocycles. The van der Waals surface area contributed by atoms with E-state index in [1.807, 2.05) is 18.4 Å². The van der Waals surface area contributed by atoms with Crippen LogP contribution in [0, 0.1) is 18.3 Å². The summed E-state index contributed by atoms with van der Waals surface area (Å²) >= 11 is 1.31. The van der Waals surface area contributed by atoms with E-state index in [9.17, 15) is 4.79 Å². The van der Waals surface area contributed by atoms with Crippen LogP contribution in [-0.2, 0) is 0 Å². The Morgan fingerprint density at radius 3 is 2.89 bits per heavy atom. The molecule has 3 N–H and O–H groups in total. The van der Waals surface area contributed by atoms with Gasteiger partial charge in [-0.05, 0) is 13.0 Å². The van der Waals surface area contributed by atoms with Crippen LogP contribution in [0.4, 0.5) is 10.9 Å². The second kappa shape index (κ2) is 8.03. The van der Waals surface area contributed by atoms with Crippen LogP contribution in [0.15, 0.2) is 41.1 Å². The van der Waals surface area contributed by atoms with Crippen molar-refractivity contribution in [2.75, 3.05) is 5.32 Å². The first-order valence-corrected chi connectivity index (χ1v) is 8.48. The minimum Gasteiger partial charge on any atom is -0.454 e. The molecular formula is C17H13N7O2S. The van der Waals surface area contributed by atoms with Crippen LogP contribution in [0.5, 0.6) is 11.5 Å². The summed E-state index contributed by atoms with van der Waals surface area (Å²) in [5.41, 5.74) is 6.64. The summed E-state index contributed by atoms with van der Waals surface area (Å²) < 4.78 is 5.65. The van der Waals surface area contributed by atoms with Gasteiger partial charge in [-0.15, -0.1) is 11.3 Å². The number of nitrogens with one attached hydrogen (secondary N) is 1. The number of carbonyl (C=O) groups is 1. The van der Waals surface area contributed by atoms with Crippen molar-refractivity contribution < 1.29 is 9.53 Å². The molecule has 0 aliphatic carbocycles. The number of amides is 1. The molecule has 27 heavy (non-hydrogen) atoms. The number of rotatable bonds is 5. The van der Waals surface area contributed by atoms with Crippen molar-refractivity contribution in [3.63, 3.8) is 0 Å². The van der Waals surface area contributed by atoms with Gasteiger partial charge in [-0.25, -0.2) is 15.0 Å². The van der Waals surface area contributed by atoms with Crippen molar-refractivity contribution in [3.8, 4) is 17.6 Å². The molecule has 0 aliphatic heterocycles. The van der Waals surface area contributed by atoms with Crippen LogP contribution in [-0.4, -0.2) is 27.2 Å². The van der Waals surface area contributed by atoms with Gasteiger partial charge in [0.05, 0.1) is 35.6 Å². The number of anilines is 1. The minimum atomic E-state index is -0.452. The molecule has 134 valence electrons. The lowest BCUT2D eigenvalue weighted by Crippen LogP contribution is -2.13. The summed E-state index contributed by atoms with van der Waals surface area (Å²) in [6.45, 7) is 1.83. The number of nitrogens with two attached hydrogens (primary N) is 1. The molecule has 10 heteroatoms. The largest absolute Gasteiger partial charge is 0.454 e. The first-order valence-electron chi connectivity index (χ1n) is 7.60. The normalized spacial score (nSPS) is 10.5. The van der Waals surface area contributed by atoms with Gasteiger partial charge in [-0.3, -0.25) is 15.1 Å². The van der Waals surface area contributed by atoms with Crippen LogP contribution >= 0.6 is 11.3 Å². The SMILES string of the molecule is Cc1csc(NC(=O)c2cc(Oc3cncc(C#N)c3)cnc2/N=C\N)n1. The number of nitriles is 1. The zero-order chi connectivity index (χ0) is 19.2. The van der Waals surface area contributed by atoms with Crippen molar-refractivity contribution in [2.45, 2.75) is 6.92 Å². The van der Waals surface area contributed by atoms with Gasteiger partial charge in [0.25, 0.3) is 5.91 Å². The Hall–Kier alpha value is -3.84. The number of hydrogen-bond donors (Lipinski definition) is 2. The van der Waals surface area contributed by atoms with Gasteiger partial charge in [0, 0.05) is 17.6 Å². The standard InChI is InChI=1S/C17H13N7O2S/c1-10-8-27-17(23-10)24-16(25)14-3-13(7-21-15(14)22-9-19)26-12-2-11(4-18)5-20-6-12/h2-3,5-9H,1H3,(H2,19,21,22)(H,23,24,25). The van der Waals surface area contributed by atoms with Gasteiger partial charge in [0.1, 0.15) is 17.6 Å². The highest BCUT2D eigenvalue weighted by Gasteiger charge is 2.16. The summed E-state index contributed by atoms with van der Waals surface area (Å²) in [4.78, 5) is 28.7. The zero-order valence-corrected chi connectivity index (χ0v) is 14.9. The molecule has 9 nitrogen and oxygen atoms in total. The summed E-state index contributed by atoms with van der Waals surface area (Å²) in [5, 5.41) is 13.9. The number of nitrogens with zero attached hydrogens (tertiary/aromatic N) is 5. The molecule has 0 aromatic carbocycles. The molecule has 0 radical (unpaired) electrons. The summed E-state index contributed by atoms with van der Waals surface area (Å²) in [7, 11) is 0. The van der Waals surface area contributed by atoms with E-state index >= 15 is 0 Å². The Morgan fingerprint density at radius 1 is 1.37 bits per heavy atom. The highest BCUT2D eigenvalue weighted by molar-refractivity contribution is 7.13. The second-order valence-electron chi connectivity index (χ2n) is 5.19. The Bertz CT molecular complexity index is 1060. The predicted octanol–water partition coefficient (Wildman–Crippen LogP) is 2.78. The maximum absolute atomic E-state index is 12.6. The molecule has 0 aliphatic rings. The Balaban J connectivity index is 1.90. The highest BCUT2D eigenvalue weighted by atomic mass is 32.1. The molecule has 0 bridgehead atoms. The second-order valence-corrected chi connectivity index (χ2v) is 6.05. The summed E-state index contributed by atoms with van der Waals surface area (Å²) in [5.74, 6) is 0.308. The van der Waals surface area contributed by atoms with Gasteiger partial charge in [0.15, 0.2) is 10.9 Å². The first kappa shape index (κ1) is 18.0. The lowest BCUT2D eigenvalue weighted by atomic mass is 10.2. The fourth-order valence-corrected chi connectivity index (χ4v) is 2.77. The van der Waals surface area contributed by atoms with Crippen molar-refractivity contribution in [3.05, 3.63) is 52.9 Å². The van der Waals surface area contributed by atoms with Gasteiger partial charge >= 0.3 is 0 Å². The van der Waals surface area contributed by atoms with E-state index in [1.165, 1.54) is 42.1 Å². The molecule has 0 atom stereocenters. The number of aromatic nitrogens is 3. The molecule has 1 amide bonds. The fraction of sp³-hybridized carbons (Fsp3) is 0.0588. The number of hydrogen-bond acceptors (Lipinski definition) is 8. The van der Waals surface area contributed by atoms with E-state index in [0.717, 1.165) is 12.0 Å². The average Bonchev–Trinajstić information content (AvgIpc) is 3.08. The summed E-state index contributed by atoms with van der Waals surface area (Å²) in [6.07, 6.45) is 5.31. The van der Waals surface area contributed by atoms with Crippen LogP contribution in [0.2, 0.25) is 0 Å². The molecular weight excluding hydrogens is 366 g/mol. The number of pyridine rings is 2. The molecule has 0 unspecified atom stereocenters. The quantitative estimate of drug-likeness (QED) is 0.513. The maximum atomic E-state index is 12.6. The molecule has 3 aromatic heterocycles. The van der Waals surface area contributed by atoms with Gasteiger partial charge in [0.2, 0.25) is 0 Å². The van der Waals surface area contributed by atoms with Crippen molar-refractivity contribution in [1.29, 1.82) is 5.26 Å². The fourth-order valence-electron chi connectivity index (χ4n) is 2.08. The Labute approximate surface area is 158 Å². The van der Waals surface area contributed by atoms with Gasteiger partial charge < -0.3 is 10.5 Å². The molecule has 0 spiro atoms. The van der Waals surface area contributed by atoms with Crippen molar-refractivity contribution in [2.24, 2.45) is 10.7 Å². The van der Waals surface area contributed by atoms with Gasteiger partial charge in [-0.1, -0.05) is 0 Å². The van der Waals surface area contributed by atoms with Crippen LogP contribution in [0.25, 0.3) is 0 Å². The van der Waals surface area contributed by atoms with Gasteiger partial charge in [-0.2, -0.15) is 5.26 Å². The average molecular weight is 379 g/mol. The molecule has 0 saturated heterocycles. The van der Waals surface area contributed by atoms with E-state index in [-0.39, 0.29) is 17.1 Å². The van der Waals surface area contributed by atoms with Crippen molar-refractivity contribution >= 4 is 34.5 Å². The van der Waals surface area contributed by atoms with E-state index in [2.05, 4.69) is 25.3 Å². The third-order valence-corrected chi connectivity index (χ3v) is 4.08. The number of thiazole rings is 1. The number of aliphatic imine (C=N–C) groups is 1. The lowest BCUT2D eigenvalue weighted by Gasteiger charge is -2.09. The highest BCUT2D eigenvalue weighted by Crippen LogP contribution is 2.27. The van der Waals surface area contributed by atoms with E-state index in [1.54, 1.807) is 0 Å². The Morgan fingerprint density at radius 2 is 2.19 bits per heavy atom.